The predicted octanol–water partition coefficient (Wildman–Crippen LogP) is 2.65. The summed E-state index contributed by atoms with van der Waals surface area (Å²) < 4.78 is 44.6. The van der Waals surface area contributed by atoms with E-state index in [4.69, 9.17) is 9.72 Å². The molecule has 0 aliphatic carbocycles. The van der Waals surface area contributed by atoms with E-state index in [0.717, 1.165) is 5.56 Å². The van der Waals surface area contributed by atoms with Gasteiger partial charge in [-0.2, -0.15) is 4.31 Å². The van der Waals surface area contributed by atoms with Crippen LogP contribution in [0.5, 0.6) is 5.88 Å². The lowest BCUT2D eigenvalue weighted by molar-refractivity contribution is 0.146. The Morgan fingerprint density at radius 1 is 1.11 bits per heavy atom. The van der Waals surface area contributed by atoms with Crippen molar-refractivity contribution in [2.75, 3.05) is 44.9 Å². The van der Waals surface area contributed by atoms with Gasteiger partial charge in [0, 0.05) is 50.0 Å². The first-order chi connectivity index (χ1) is 18.1. The predicted molar refractivity (Wildman–Crippen MR) is 140 cm³/mol. The molecule has 2 N–H and O–H groups in total. The number of sulfonamides is 1. The lowest BCUT2D eigenvalue weighted by Crippen LogP contribution is -2.48. The summed E-state index contributed by atoms with van der Waals surface area (Å²) in [6, 6.07) is 3.22. The second-order valence-electron chi connectivity index (χ2n) is 9.10. The number of aryl methyl sites for hydroxylation is 1. The van der Waals surface area contributed by atoms with Gasteiger partial charge in [0.15, 0.2) is 11.5 Å². The highest BCUT2D eigenvalue weighted by Gasteiger charge is 2.27. The van der Waals surface area contributed by atoms with Gasteiger partial charge in [-0.3, -0.25) is 4.90 Å². The van der Waals surface area contributed by atoms with Crippen molar-refractivity contribution in [1.29, 1.82) is 0 Å². The lowest BCUT2D eigenvalue weighted by Gasteiger charge is -2.37. The Morgan fingerprint density at radius 3 is 2.55 bits per heavy atom. The van der Waals surface area contributed by atoms with Crippen LogP contribution >= 0.6 is 0 Å². The largest absolute Gasteiger partial charge is 0.479 e. The monoisotopic (exact) mass is 541 g/mol. The fourth-order valence-corrected chi connectivity index (χ4v) is 5.37. The van der Waals surface area contributed by atoms with Gasteiger partial charge in [-0.1, -0.05) is 0 Å². The fourth-order valence-electron chi connectivity index (χ4n) is 4.54. The average molecular weight is 542 g/mol. The Morgan fingerprint density at radius 2 is 1.87 bits per heavy atom. The third-order valence-electron chi connectivity index (χ3n) is 6.60. The molecule has 14 heteroatoms. The van der Waals surface area contributed by atoms with Crippen molar-refractivity contribution < 1.29 is 17.5 Å². The van der Waals surface area contributed by atoms with E-state index in [1.165, 1.54) is 29.9 Å². The molecule has 5 heterocycles. The Balaban J connectivity index is 1.53. The van der Waals surface area contributed by atoms with Gasteiger partial charge in [-0.25, -0.2) is 37.7 Å². The molecule has 1 saturated heterocycles. The first-order valence-corrected chi connectivity index (χ1v) is 13.8. The molecule has 0 bridgehead atoms. The van der Waals surface area contributed by atoms with E-state index in [2.05, 4.69) is 42.1 Å². The Kier molecular flexibility index (Phi) is 6.94. The molecular weight excluding hydrogens is 513 g/mol. The van der Waals surface area contributed by atoms with Crippen LogP contribution in [-0.2, 0) is 10.0 Å². The van der Waals surface area contributed by atoms with Gasteiger partial charge in [0.25, 0.3) is 0 Å². The number of ether oxygens (including phenoxy) is 1. The minimum Gasteiger partial charge on any atom is -0.479 e. The quantitative estimate of drug-likeness (QED) is 0.358. The number of fused-ring (bicyclic) bond motifs is 1. The van der Waals surface area contributed by atoms with Crippen molar-refractivity contribution in [2.24, 2.45) is 0 Å². The molecule has 4 aromatic rings. The first kappa shape index (κ1) is 25.9. The van der Waals surface area contributed by atoms with Crippen LogP contribution in [0.3, 0.4) is 0 Å². The summed E-state index contributed by atoms with van der Waals surface area (Å²) in [6.07, 6.45) is 6.00. The molecule has 0 aromatic carbocycles. The number of aromatic nitrogens is 6. The van der Waals surface area contributed by atoms with Gasteiger partial charge in [-0.05, 0) is 25.5 Å². The summed E-state index contributed by atoms with van der Waals surface area (Å²) in [6.45, 7) is 5.89. The summed E-state index contributed by atoms with van der Waals surface area (Å²) in [7, 11) is -1.87. The number of piperazine rings is 1. The van der Waals surface area contributed by atoms with Crippen LogP contribution in [0.2, 0.25) is 0 Å². The van der Waals surface area contributed by atoms with Gasteiger partial charge < -0.3 is 15.0 Å². The molecule has 0 amide bonds. The van der Waals surface area contributed by atoms with Crippen LogP contribution in [0.4, 0.5) is 15.9 Å². The number of nitrogens with zero attached hydrogens (tertiary/aromatic N) is 7. The van der Waals surface area contributed by atoms with E-state index >= 15 is 0 Å². The smallest absolute Gasteiger partial charge is 0.250 e. The molecule has 38 heavy (non-hydrogen) atoms. The van der Waals surface area contributed by atoms with Crippen molar-refractivity contribution >= 4 is 32.7 Å². The zero-order valence-corrected chi connectivity index (χ0v) is 22.3. The first-order valence-electron chi connectivity index (χ1n) is 12.0. The maximum absolute atomic E-state index is 14.3. The molecule has 1 atom stereocenters. The molecule has 0 spiro atoms. The van der Waals surface area contributed by atoms with Gasteiger partial charge in [-0.15, -0.1) is 0 Å². The second-order valence-corrected chi connectivity index (χ2v) is 11.1. The third kappa shape index (κ3) is 5.14. The van der Waals surface area contributed by atoms with Crippen LogP contribution < -0.4 is 10.1 Å². The van der Waals surface area contributed by atoms with E-state index in [0.29, 0.717) is 65.9 Å². The molecule has 1 aliphatic heterocycles. The number of pyridine rings is 2. The molecule has 12 nitrogen and oxygen atoms in total. The van der Waals surface area contributed by atoms with Crippen molar-refractivity contribution in [3.63, 3.8) is 0 Å². The highest BCUT2D eigenvalue weighted by atomic mass is 32.2. The van der Waals surface area contributed by atoms with Gasteiger partial charge in [0.1, 0.15) is 22.9 Å². The number of imidazole rings is 1. The summed E-state index contributed by atoms with van der Waals surface area (Å²) in [5, 5.41) is 3.16. The molecule has 0 radical (unpaired) electrons. The van der Waals surface area contributed by atoms with Crippen LogP contribution in [-0.4, -0.2) is 87.1 Å². The van der Waals surface area contributed by atoms with E-state index < -0.39 is 15.8 Å². The van der Waals surface area contributed by atoms with Gasteiger partial charge >= 0.3 is 0 Å². The Hall–Kier alpha value is -3.75. The van der Waals surface area contributed by atoms with E-state index in [9.17, 15) is 12.8 Å². The minimum absolute atomic E-state index is 0.0442. The topological polar surface area (TPSA) is 142 Å². The van der Waals surface area contributed by atoms with Crippen molar-refractivity contribution in [2.45, 2.75) is 19.9 Å². The van der Waals surface area contributed by atoms with E-state index in [1.54, 1.807) is 19.4 Å². The molecule has 1 fully saturated rings. The molecule has 0 saturated carbocycles. The minimum atomic E-state index is -3.22. The van der Waals surface area contributed by atoms with Crippen LogP contribution in [0, 0.1) is 12.7 Å². The second kappa shape index (κ2) is 10.2. The highest BCUT2D eigenvalue weighted by molar-refractivity contribution is 7.88. The number of H-pyrrole nitrogens is 1. The summed E-state index contributed by atoms with van der Waals surface area (Å²) in [5.41, 5.74) is 3.73. The zero-order valence-electron chi connectivity index (χ0n) is 21.4. The van der Waals surface area contributed by atoms with Gasteiger partial charge in [0.05, 0.1) is 31.6 Å². The number of nitrogens with one attached hydrogen (secondary N) is 2. The number of methoxy groups -OCH3 is 1. The summed E-state index contributed by atoms with van der Waals surface area (Å²) >= 11 is 0. The van der Waals surface area contributed by atoms with Crippen LogP contribution in [0.25, 0.3) is 22.4 Å². The molecule has 1 aliphatic rings. The maximum Gasteiger partial charge on any atom is 0.250 e. The lowest BCUT2D eigenvalue weighted by atomic mass is 10.0. The molecule has 1 unspecified atom stereocenters. The number of hydrogen-bond acceptors (Lipinski definition) is 10. The van der Waals surface area contributed by atoms with Crippen molar-refractivity contribution in [1.82, 2.24) is 39.1 Å². The van der Waals surface area contributed by atoms with E-state index in [1.807, 2.05) is 6.07 Å². The van der Waals surface area contributed by atoms with Crippen LogP contribution in [0.15, 0.2) is 30.9 Å². The molecule has 4 aromatic heterocycles. The van der Waals surface area contributed by atoms with E-state index in [-0.39, 0.29) is 11.9 Å². The van der Waals surface area contributed by atoms with Gasteiger partial charge in [0.2, 0.25) is 15.9 Å². The number of anilines is 2. The zero-order chi connectivity index (χ0) is 27.0. The number of aromatic amines is 1. The normalized spacial score (nSPS) is 16.0. The number of hydrogen-bond donors (Lipinski definition) is 2. The summed E-state index contributed by atoms with van der Waals surface area (Å²) in [4.78, 5) is 27.4. The Bertz CT molecular complexity index is 1590. The average Bonchev–Trinajstić information content (AvgIpc) is 3.36. The van der Waals surface area contributed by atoms with Crippen molar-refractivity contribution in [3.8, 4) is 17.1 Å². The SMILES string of the molecule is COc1ncc(Nc2ncc(C(C)N3CCN(S(C)(=O)=O)CC3)cc2-c2nc(C)nc3nc[nH]c23)cc1F. The third-order valence-corrected chi connectivity index (χ3v) is 7.90. The van der Waals surface area contributed by atoms with Crippen molar-refractivity contribution in [3.05, 3.63) is 48.1 Å². The standard InChI is InChI=1S/C24H28FN9O3S/c1-14(33-5-7-34(8-6-33)38(4,35)36)16-9-18(20-21-23(29-13-28-21)31-15(2)30-20)22(26-11-16)32-17-10-19(25)24(37-3)27-12-17/h9-14H,5-8H2,1-4H3,(H,26,32)(H,28,29,30,31). The fraction of sp³-hybridized carbons (Fsp3) is 0.375. The molecule has 200 valence electrons. The number of halogens is 1. The highest BCUT2D eigenvalue weighted by Crippen LogP contribution is 2.34. The molecule has 5 rings (SSSR count). The maximum atomic E-state index is 14.3. The number of rotatable bonds is 7. The van der Waals surface area contributed by atoms with Crippen LogP contribution in [0.1, 0.15) is 24.4 Å². The molecular formula is C24H28FN9O3S. The summed E-state index contributed by atoms with van der Waals surface area (Å²) in [5.74, 6) is 0.280. The Labute approximate surface area is 219 Å².